The zero-order valence-corrected chi connectivity index (χ0v) is 12.4. The lowest BCUT2D eigenvalue weighted by Crippen LogP contribution is -2.56. The van der Waals surface area contributed by atoms with Gasteiger partial charge in [-0.25, -0.2) is 0 Å². The molecular formula is C15H15F3N2O4. The van der Waals surface area contributed by atoms with Gasteiger partial charge in [0.05, 0.1) is 19.2 Å². The molecule has 0 radical (unpaired) electrons. The summed E-state index contributed by atoms with van der Waals surface area (Å²) in [5.74, 6) is -1.21. The number of halogens is 3. The lowest BCUT2D eigenvalue weighted by molar-refractivity contribution is -0.243. The van der Waals surface area contributed by atoms with Crippen LogP contribution in [-0.4, -0.2) is 53.3 Å². The number of ether oxygens (including phenoxy) is 1. The Kier molecular flexibility index (Phi) is 4.12. The second kappa shape index (κ2) is 5.97. The number of phenolic OH excluding ortho intramolecular Hbond substituents is 1. The van der Waals surface area contributed by atoms with Crippen molar-refractivity contribution in [1.82, 2.24) is 10.2 Å². The van der Waals surface area contributed by atoms with Gasteiger partial charge in [0.15, 0.2) is 6.10 Å². The van der Waals surface area contributed by atoms with Gasteiger partial charge in [-0.05, 0) is 17.7 Å². The van der Waals surface area contributed by atoms with Crippen molar-refractivity contribution in [2.24, 2.45) is 0 Å². The predicted molar refractivity (Wildman–Crippen MR) is 74.9 cm³/mol. The number of aromatic hydroxyl groups is 1. The number of hydrogen-bond acceptors (Lipinski definition) is 4. The minimum absolute atomic E-state index is 0.106. The number of nitrogens with zero attached hydrogens (tertiary/aromatic N) is 1. The standard InChI is InChI=1S/C15H15F3N2O4/c16-15(17,18)11-6-20-9(7-24-11)5-12(22)19-13(14(20)23)8-2-1-3-10(21)4-8/h1-4,9,11,13,21H,5-7H2,(H,19,22)/t9-,11-,13?/m1/s1. The average Bonchev–Trinajstić information content (AvgIpc) is 2.63. The molecule has 3 rings (SSSR count). The Morgan fingerprint density at radius 2 is 2.04 bits per heavy atom. The molecule has 1 unspecified atom stereocenters. The number of fused-ring (bicyclic) bond motifs is 1. The van der Waals surface area contributed by atoms with Crippen molar-refractivity contribution in [3.63, 3.8) is 0 Å². The van der Waals surface area contributed by atoms with Gasteiger partial charge in [0, 0.05) is 6.42 Å². The molecular weight excluding hydrogens is 329 g/mol. The highest BCUT2D eigenvalue weighted by atomic mass is 19.4. The predicted octanol–water partition coefficient (Wildman–Crippen LogP) is 1.11. The van der Waals surface area contributed by atoms with Crippen molar-refractivity contribution in [2.75, 3.05) is 13.2 Å². The first-order chi connectivity index (χ1) is 11.3. The van der Waals surface area contributed by atoms with Crippen molar-refractivity contribution < 1.29 is 32.6 Å². The van der Waals surface area contributed by atoms with Gasteiger partial charge in [-0.1, -0.05) is 12.1 Å². The number of nitrogens with one attached hydrogen (secondary N) is 1. The van der Waals surface area contributed by atoms with E-state index in [4.69, 9.17) is 4.74 Å². The Bertz CT molecular complexity index is 664. The van der Waals surface area contributed by atoms with Gasteiger partial charge in [-0.2, -0.15) is 13.2 Å². The third-order valence-electron chi connectivity index (χ3n) is 4.12. The van der Waals surface area contributed by atoms with E-state index < -0.39 is 42.7 Å². The minimum Gasteiger partial charge on any atom is -0.508 e. The van der Waals surface area contributed by atoms with Crippen LogP contribution in [0.15, 0.2) is 24.3 Å². The van der Waals surface area contributed by atoms with Crippen molar-refractivity contribution in [1.29, 1.82) is 0 Å². The lowest BCUT2D eigenvalue weighted by Gasteiger charge is -2.39. The van der Waals surface area contributed by atoms with Crippen molar-refractivity contribution in [3.8, 4) is 5.75 Å². The first-order valence-corrected chi connectivity index (χ1v) is 7.33. The molecule has 24 heavy (non-hydrogen) atoms. The zero-order chi connectivity index (χ0) is 17.5. The minimum atomic E-state index is -4.59. The normalized spacial score (nSPS) is 28.1. The number of hydrogen-bond donors (Lipinski definition) is 2. The van der Waals surface area contributed by atoms with Crippen LogP contribution in [0.4, 0.5) is 13.2 Å². The van der Waals surface area contributed by atoms with E-state index in [1.165, 1.54) is 24.3 Å². The molecule has 2 N–H and O–H groups in total. The third-order valence-corrected chi connectivity index (χ3v) is 4.12. The largest absolute Gasteiger partial charge is 0.508 e. The molecule has 2 heterocycles. The molecule has 0 spiro atoms. The van der Waals surface area contributed by atoms with E-state index in [1.807, 2.05) is 0 Å². The van der Waals surface area contributed by atoms with Crippen LogP contribution in [0.1, 0.15) is 18.0 Å². The van der Waals surface area contributed by atoms with E-state index in [9.17, 15) is 27.9 Å². The van der Waals surface area contributed by atoms with Gasteiger partial charge < -0.3 is 20.1 Å². The highest BCUT2D eigenvalue weighted by Gasteiger charge is 2.49. The molecule has 1 aromatic rings. The fourth-order valence-corrected chi connectivity index (χ4v) is 2.93. The molecule has 2 aliphatic heterocycles. The molecule has 2 fully saturated rings. The van der Waals surface area contributed by atoms with Gasteiger partial charge in [0.25, 0.3) is 0 Å². The topological polar surface area (TPSA) is 78.9 Å². The second-order valence-electron chi connectivity index (χ2n) is 5.81. The first-order valence-electron chi connectivity index (χ1n) is 7.33. The lowest BCUT2D eigenvalue weighted by atomic mass is 10.0. The summed E-state index contributed by atoms with van der Waals surface area (Å²) >= 11 is 0. The van der Waals surface area contributed by atoms with Crippen LogP contribution in [-0.2, 0) is 14.3 Å². The molecule has 1 aromatic carbocycles. The number of phenols is 1. The smallest absolute Gasteiger partial charge is 0.416 e. The Morgan fingerprint density at radius 3 is 2.71 bits per heavy atom. The fraction of sp³-hybridized carbons (Fsp3) is 0.467. The fourth-order valence-electron chi connectivity index (χ4n) is 2.93. The quantitative estimate of drug-likeness (QED) is 0.800. The van der Waals surface area contributed by atoms with Gasteiger partial charge >= 0.3 is 6.18 Å². The highest BCUT2D eigenvalue weighted by molar-refractivity contribution is 5.91. The zero-order valence-electron chi connectivity index (χ0n) is 12.4. The summed E-state index contributed by atoms with van der Waals surface area (Å²) in [6.07, 6.45) is -6.79. The summed E-state index contributed by atoms with van der Waals surface area (Å²) in [4.78, 5) is 25.8. The maximum absolute atomic E-state index is 12.9. The molecule has 6 nitrogen and oxygen atoms in total. The SMILES string of the molecule is O=C1C[C@@H]2CO[C@@H](C(F)(F)F)CN2C(=O)C(c2cccc(O)c2)N1. The number of amides is 2. The second-order valence-corrected chi connectivity index (χ2v) is 5.81. The number of carbonyl (C=O) groups excluding carboxylic acids is 2. The molecule has 2 aliphatic rings. The number of benzene rings is 1. The van der Waals surface area contributed by atoms with E-state index >= 15 is 0 Å². The summed E-state index contributed by atoms with van der Waals surface area (Å²) in [5, 5.41) is 12.0. The van der Waals surface area contributed by atoms with Crippen LogP contribution in [0.25, 0.3) is 0 Å². The van der Waals surface area contributed by atoms with Crippen LogP contribution in [0.2, 0.25) is 0 Å². The van der Waals surface area contributed by atoms with E-state index in [-0.39, 0.29) is 18.8 Å². The summed E-state index contributed by atoms with van der Waals surface area (Å²) in [5.41, 5.74) is 0.309. The van der Waals surface area contributed by atoms with Crippen LogP contribution >= 0.6 is 0 Å². The van der Waals surface area contributed by atoms with Gasteiger partial charge in [0.2, 0.25) is 11.8 Å². The van der Waals surface area contributed by atoms with Gasteiger partial charge in [0.1, 0.15) is 11.8 Å². The first kappa shape index (κ1) is 16.6. The highest BCUT2D eigenvalue weighted by Crippen LogP contribution is 2.31. The molecule has 2 amide bonds. The molecule has 0 bridgehead atoms. The van der Waals surface area contributed by atoms with Crippen molar-refractivity contribution in [3.05, 3.63) is 29.8 Å². The van der Waals surface area contributed by atoms with Gasteiger partial charge in [-0.15, -0.1) is 0 Å². The molecule has 2 saturated heterocycles. The number of rotatable bonds is 1. The molecule has 0 aromatic heterocycles. The van der Waals surface area contributed by atoms with Crippen LogP contribution in [0.3, 0.4) is 0 Å². The third kappa shape index (κ3) is 3.16. The van der Waals surface area contributed by atoms with Crippen molar-refractivity contribution in [2.45, 2.75) is 30.8 Å². The van der Waals surface area contributed by atoms with Crippen molar-refractivity contribution >= 4 is 11.8 Å². The summed E-state index contributed by atoms with van der Waals surface area (Å²) in [6, 6.07) is 3.82. The van der Waals surface area contributed by atoms with E-state index in [2.05, 4.69) is 5.32 Å². The molecule has 3 atom stereocenters. The Hall–Kier alpha value is -2.29. The number of carbonyl (C=O) groups is 2. The maximum atomic E-state index is 12.9. The Labute approximate surface area is 135 Å². The van der Waals surface area contributed by atoms with Crippen LogP contribution in [0.5, 0.6) is 5.75 Å². The molecule has 0 saturated carbocycles. The van der Waals surface area contributed by atoms with Gasteiger partial charge in [-0.3, -0.25) is 9.59 Å². The molecule has 0 aliphatic carbocycles. The van der Waals surface area contributed by atoms with E-state index in [0.29, 0.717) is 5.56 Å². The summed E-state index contributed by atoms with van der Waals surface area (Å²) < 4.78 is 43.5. The molecule has 9 heteroatoms. The monoisotopic (exact) mass is 344 g/mol. The average molecular weight is 344 g/mol. The number of morpholine rings is 1. The van der Waals surface area contributed by atoms with Crippen LogP contribution < -0.4 is 5.32 Å². The van der Waals surface area contributed by atoms with E-state index in [0.717, 1.165) is 4.90 Å². The van der Waals surface area contributed by atoms with E-state index in [1.54, 1.807) is 0 Å². The summed E-state index contributed by atoms with van der Waals surface area (Å²) in [7, 11) is 0. The maximum Gasteiger partial charge on any atom is 0.416 e. The Balaban J connectivity index is 1.91. The van der Waals surface area contributed by atoms with Crippen LogP contribution in [0, 0.1) is 0 Å². The number of alkyl halides is 3. The summed E-state index contributed by atoms with van der Waals surface area (Å²) in [6.45, 7) is -1.01. The Morgan fingerprint density at radius 1 is 1.29 bits per heavy atom. The molecule has 130 valence electrons.